The summed E-state index contributed by atoms with van der Waals surface area (Å²) < 4.78 is 13.0. The number of Topliss-reactive ketones (excluding diaryl/α,β-unsaturated/α-hetero) is 1. The molecule has 0 fully saturated rings. The first-order valence-corrected chi connectivity index (χ1v) is 9.17. The number of methoxy groups -OCH3 is 1. The van der Waals surface area contributed by atoms with Crippen LogP contribution in [0.4, 0.5) is 5.82 Å². The number of aromatic amines is 1. The van der Waals surface area contributed by atoms with Gasteiger partial charge >= 0.3 is 5.69 Å². The van der Waals surface area contributed by atoms with E-state index >= 15 is 0 Å². The number of ether oxygens (including phenoxy) is 1. The number of ketones is 1. The van der Waals surface area contributed by atoms with E-state index in [-0.39, 0.29) is 30.3 Å². The lowest BCUT2D eigenvalue weighted by Crippen LogP contribution is -2.37. The zero-order valence-corrected chi connectivity index (χ0v) is 15.8. The molecule has 3 aromatic rings. The number of H-pyrrole nitrogens is 1. The Morgan fingerprint density at radius 3 is 2.96 bits per heavy atom. The Labute approximate surface area is 162 Å². The van der Waals surface area contributed by atoms with Gasteiger partial charge in [-0.05, 0) is 12.1 Å². The van der Waals surface area contributed by atoms with Gasteiger partial charge in [-0.15, -0.1) is 10.2 Å². The monoisotopic (exact) mass is 406 g/mol. The first-order valence-electron chi connectivity index (χ1n) is 8.19. The SMILES string of the molecule is COCCn1c(N)c(C(=O)CSc2nncn2Cc2ccco2)c(=O)[nH]c1=O. The third-order valence-electron chi connectivity index (χ3n) is 3.86. The van der Waals surface area contributed by atoms with Crippen LogP contribution in [0.1, 0.15) is 16.1 Å². The number of furan rings is 1. The quantitative estimate of drug-likeness (QED) is 0.369. The average Bonchev–Trinajstić information content (AvgIpc) is 3.32. The Hall–Kier alpha value is -3.12. The van der Waals surface area contributed by atoms with Crippen LogP contribution in [0.3, 0.4) is 0 Å². The molecule has 3 N–H and O–H groups in total. The van der Waals surface area contributed by atoms with Crippen molar-refractivity contribution >= 4 is 23.4 Å². The summed E-state index contributed by atoms with van der Waals surface area (Å²) in [5.41, 5.74) is 4.13. The number of aromatic nitrogens is 5. The molecule has 3 aromatic heterocycles. The largest absolute Gasteiger partial charge is 0.467 e. The first-order chi connectivity index (χ1) is 13.5. The number of rotatable bonds is 9. The van der Waals surface area contributed by atoms with Crippen LogP contribution in [0.5, 0.6) is 0 Å². The van der Waals surface area contributed by atoms with Crippen molar-refractivity contribution in [3.05, 3.63) is 56.9 Å². The summed E-state index contributed by atoms with van der Waals surface area (Å²) in [6.45, 7) is 0.721. The van der Waals surface area contributed by atoms with Gasteiger partial charge in [-0.1, -0.05) is 11.8 Å². The van der Waals surface area contributed by atoms with Gasteiger partial charge in [-0.3, -0.25) is 19.1 Å². The topological polar surface area (TPSA) is 151 Å². The Morgan fingerprint density at radius 2 is 2.25 bits per heavy atom. The lowest BCUT2D eigenvalue weighted by Gasteiger charge is -2.11. The third kappa shape index (κ3) is 4.23. The minimum absolute atomic E-state index is 0.105. The summed E-state index contributed by atoms with van der Waals surface area (Å²) in [6.07, 6.45) is 3.07. The lowest BCUT2D eigenvalue weighted by molar-refractivity contribution is 0.102. The summed E-state index contributed by atoms with van der Waals surface area (Å²) in [5.74, 6) is -0.109. The van der Waals surface area contributed by atoms with Crippen LogP contribution in [-0.4, -0.2) is 49.6 Å². The fourth-order valence-electron chi connectivity index (χ4n) is 2.50. The van der Waals surface area contributed by atoms with Crippen molar-refractivity contribution in [2.45, 2.75) is 18.2 Å². The number of nitrogens with two attached hydrogens (primary N) is 1. The highest BCUT2D eigenvalue weighted by atomic mass is 32.2. The van der Waals surface area contributed by atoms with E-state index < -0.39 is 17.0 Å². The van der Waals surface area contributed by atoms with Crippen LogP contribution in [0.15, 0.2) is 43.9 Å². The van der Waals surface area contributed by atoms with Crippen LogP contribution in [0.2, 0.25) is 0 Å². The third-order valence-corrected chi connectivity index (χ3v) is 4.84. The van der Waals surface area contributed by atoms with Crippen molar-refractivity contribution in [2.24, 2.45) is 0 Å². The van der Waals surface area contributed by atoms with Crippen LogP contribution in [-0.2, 0) is 17.8 Å². The molecule has 0 unspecified atom stereocenters. The molecule has 0 radical (unpaired) electrons. The number of hydrogen-bond donors (Lipinski definition) is 2. The normalized spacial score (nSPS) is 11.0. The minimum atomic E-state index is -0.821. The van der Waals surface area contributed by atoms with E-state index in [1.807, 2.05) is 6.07 Å². The summed E-state index contributed by atoms with van der Waals surface area (Å²) in [6, 6.07) is 3.58. The Bertz CT molecular complexity index is 1070. The smallest absolute Gasteiger partial charge is 0.330 e. The molecular formula is C16H18N6O5S. The number of anilines is 1. The van der Waals surface area contributed by atoms with E-state index in [2.05, 4.69) is 15.2 Å². The summed E-state index contributed by atoms with van der Waals surface area (Å²) in [5, 5.41) is 8.29. The second-order valence-electron chi connectivity index (χ2n) is 5.70. The van der Waals surface area contributed by atoms with Crippen molar-refractivity contribution in [1.29, 1.82) is 0 Å². The molecular weight excluding hydrogens is 388 g/mol. The highest BCUT2D eigenvalue weighted by Gasteiger charge is 2.20. The van der Waals surface area contributed by atoms with E-state index in [1.165, 1.54) is 13.4 Å². The molecule has 0 amide bonds. The predicted octanol–water partition coefficient (Wildman–Crippen LogP) is -0.0270. The Kier molecular flexibility index (Phi) is 6.11. The predicted molar refractivity (Wildman–Crippen MR) is 100 cm³/mol. The zero-order valence-electron chi connectivity index (χ0n) is 15.0. The van der Waals surface area contributed by atoms with Gasteiger partial charge in [-0.2, -0.15) is 0 Å². The highest BCUT2D eigenvalue weighted by molar-refractivity contribution is 7.99. The maximum Gasteiger partial charge on any atom is 0.330 e. The van der Waals surface area contributed by atoms with Crippen molar-refractivity contribution in [1.82, 2.24) is 24.3 Å². The Morgan fingerprint density at radius 1 is 1.43 bits per heavy atom. The van der Waals surface area contributed by atoms with Crippen LogP contribution >= 0.6 is 11.8 Å². The molecule has 12 heteroatoms. The van der Waals surface area contributed by atoms with Crippen molar-refractivity contribution in [3.8, 4) is 0 Å². The van der Waals surface area contributed by atoms with E-state index in [0.717, 1.165) is 16.3 Å². The van der Waals surface area contributed by atoms with Gasteiger partial charge < -0.3 is 19.5 Å². The van der Waals surface area contributed by atoms with Crippen molar-refractivity contribution in [2.75, 3.05) is 25.2 Å². The molecule has 0 aliphatic carbocycles. The van der Waals surface area contributed by atoms with Gasteiger partial charge in [0.25, 0.3) is 5.56 Å². The molecule has 0 saturated carbocycles. The van der Waals surface area contributed by atoms with Gasteiger partial charge in [0.1, 0.15) is 23.5 Å². The maximum atomic E-state index is 12.6. The van der Waals surface area contributed by atoms with E-state index in [1.54, 1.807) is 16.9 Å². The van der Waals surface area contributed by atoms with Gasteiger partial charge in [0, 0.05) is 7.11 Å². The summed E-state index contributed by atoms with van der Waals surface area (Å²) in [4.78, 5) is 38.7. The molecule has 3 heterocycles. The standard InChI is InChI=1S/C16H18N6O5S/c1-26-6-4-22-13(17)12(14(24)19-15(22)25)11(23)8-28-16-20-18-9-21(16)7-10-3-2-5-27-10/h2-3,5,9H,4,6-8,17H2,1H3,(H,19,24,25). The Balaban J connectivity index is 1.77. The number of carbonyl (C=O) groups excluding carboxylic acids is 1. The molecule has 11 nitrogen and oxygen atoms in total. The van der Waals surface area contributed by atoms with Crippen LogP contribution in [0, 0.1) is 0 Å². The number of thioether (sulfide) groups is 1. The van der Waals surface area contributed by atoms with Crippen LogP contribution < -0.4 is 17.0 Å². The van der Waals surface area contributed by atoms with E-state index in [0.29, 0.717) is 17.5 Å². The van der Waals surface area contributed by atoms with Crippen molar-refractivity contribution < 1.29 is 13.9 Å². The fourth-order valence-corrected chi connectivity index (χ4v) is 3.29. The number of nitrogens with zero attached hydrogens (tertiary/aromatic N) is 4. The van der Waals surface area contributed by atoms with Crippen molar-refractivity contribution in [3.63, 3.8) is 0 Å². The van der Waals surface area contributed by atoms with E-state index in [9.17, 15) is 14.4 Å². The number of nitrogens with one attached hydrogen (secondary N) is 1. The first kappa shape index (κ1) is 19.6. The molecule has 148 valence electrons. The minimum Gasteiger partial charge on any atom is -0.467 e. The van der Waals surface area contributed by atoms with Gasteiger partial charge in [0.05, 0.1) is 31.7 Å². The fraction of sp³-hybridized carbons (Fsp3) is 0.312. The molecule has 3 rings (SSSR count). The molecule has 28 heavy (non-hydrogen) atoms. The number of carbonyl (C=O) groups is 1. The molecule has 0 aliphatic heterocycles. The molecule has 0 saturated heterocycles. The lowest BCUT2D eigenvalue weighted by atomic mass is 10.2. The summed E-state index contributed by atoms with van der Waals surface area (Å²) >= 11 is 1.10. The molecule has 0 atom stereocenters. The van der Waals surface area contributed by atoms with Gasteiger partial charge in [0.15, 0.2) is 10.9 Å². The number of nitrogen functional groups attached to an aromatic ring is 1. The van der Waals surface area contributed by atoms with Gasteiger partial charge in [-0.25, -0.2) is 4.79 Å². The van der Waals surface area contributed by atoms with Gasteiger partial charge in [0.2, 0.25) is 0 Å². The molecule has 0 aromatic carbocycles. The number of hydrogen-bond acceptors (Lipinski definition) is 9. The molecule has 0 aliphatic rings. The maximum absolute atomic E-state index is 12.6. The second kappa shape index (κ2) is 8.71. The molecule has 0 bridgehead atoms. The second-order valence-corrected chi connectivity index (χ2v) is 6.64. The highest BCUT2D eigenvalue weighted by Crippen LogP contribution is 2.18. The van der Waals surface area contributed by atoms with E-state index in [4.69, 9.17) is 14.9 Å². The zero-order chi connectivity index (χ0) is 20.1. The summed E-state index contributed by atoms with van der Waals surface area (Å²) in [7, 11) is 1.47. The average molecular weight is 406 g/mol. The molecule has 0 spiro atoms. The van der Waals surface area contributed by atoms with Crippen LogP contribution in [0.25, 0.3) is 0 Å².